The third-order valence-electron chi connectivity index (χ3n) is 2.30. The van der Waals surface area contributed by atoms with Crippen LogP contribution in [-0.4, -0.2) is 20.1 Å². The minimum atomic E-state index is -0.0284. The number of benzene rings is 1. The van der Waals surface area contributed by atoms with Gasteiger partial charge in [0.25, 0.3) is 0 Å². The molecule has 1 aromatic rings. The van der Waals surface area contributed by atoms with E-state index in [9.17, 15) is 4.79 Å². The molecule has 1 aromatic carbocycles. The zero-order chi connectivity index (χ0) is 11.6. The second kappa shape index (κ2) is 4.53. The van der Waals surface area contributed by atoms with E-state index in [4.69, 9.17) is 16.3 Å². The zero-order valence-corrected chi connectivity index (χ0v) is 10.1. The van der Waals surface area contributed by atoms with Crippen molar-refractivity contribution in [1.29, 1.82) is 0 Å². The van der Waals surface area contributed by atoms with Crippen molar-refractivity contribution in [1.82, 2.24) is 0 Å². The van der Waals surface area contributed by atoms with Crippen molar-refractivity contribution in [3.63, 3.8) is 0 Å². The van der Waals surface area contributed by atoms with Gasteiger partial charge in [0.1, 0.15) is 5.75 Å². The van der Waals surface area contributed by atoms with Crippen LogP contribution < -0.4 is 9.64 Å². The molecule has 15 heavy (non-hydrogen) atoms. The molecule has 1 rings (SSSR count). The number of anilines is 1. The van der Waals surface area contributed by atoms with Gasteiger partial charge in [0.05, 0.1) is 12.1 Å². The maximum Gasteiger partial charge on any atom is 0.223 e. The van der Waals surface area contributed by atoms with Gasteiger partial charge in [-0.2, -0.15) is 0 Å². The van der Waals surface area contributed by atoms with Crippen LogP contribution in [-0.2, 0) is 4.79 Å². The quantitative estimate of drug-likeness (QED) is 0.778. The molecule has 0 aliphatic carbocycles. The van der Waals surface area contributed by atoms with Crippen LogP contribution in [0.5, 0.6) is 5.75 Å². The maximum atomic E-state index is 11.2. The summed E-state index contributed by atoms with van der Waals surface area (Å²) in [6.07, 6.45) is 0. The Labute approximate surface area is 94.6 Å². The smallest absolute Gasteiger partial charge is 0.223 e. The Morgan fingerprint density at radius 3 is 2.53 bits per heavy atom. The van der Waals surface area contributed by atoms with Crippen molar-refractivity contribution in [2.45, 2.75) is 13.8 Å². The Hall–Kier alpha value is -1.22. The summed E-state index contributed by atoms with van der Waals surface area (Å²) in [4.78, 5) is 12.8. The standard InChI is InChI=1S/C11H14ClNO2/c1-7-5-11(15-4)9(12)6-10(7)13(3)8(2)14/h5-6H,1-4H3. The van der Waals surface area contributed by atoms with E-state index in [0.29, 0.717) is 10.8 Å². The second-order valence-electron chi connectivity index (χ2n) is 3.35. The maximum absolute atomic E-state index is 11.2. The van der Waals surface area contributed by atoms with Gasteiger partial charge in [-0.15, -0.1) is 0 Å². The summed E-state index contributed by atoms with van der Waals surface area (Å²) in [6.45, 7) is 3.42. The fraction of sp³-hybridized carbons (Fsp3) is 0.364. The summed E-state index contributed by atoms with van der Waals surface area (Å²) < 4.78 is 5.09. The molecular weight excluding hydrogens is 214 g/mol. The summed E-state index contributed by atoms with van der Waals surface area (Å²) >= 11 is 5.99. The van der Waals surface area contributed by atoms with Crippen molar-refractivity contribution < 1.29 is 9.53 Å². The minimum Gasteiger partial charge on any atom is -0.495 e. The molecule has 1 amide bonds. The fourth-order valence-corrected chi connectivity index (χ4v) is 1.57. The molecule has 0 radical (unpaired) electrons. The predicted molar refractivity (Wildman–Crippen MR) is 61.8 cm³/mol. The minimum absolute atomic E-state index is 0.0284. The molecule has 0 saturated heterocycles. The highest BCUT2D eigenvalue weighted by Gasteiger charge is 2.12. The molecule has 0 heterocycles. The Balaban J connectivity index is 3.21. The van der Waals surface area contributed by atoms with Crippen LogP contribution in [0, 0.1) is 6.92 Å². The van der Waals surface area contributed by atoms with E-state index in [1.54, 1.807) is 25.1 Å². The van der Waals surface area contributed by atoms with E-state index in [-0.39, 0.29) is 5.91 Å². The number of hydrogen-bond acceptors (Lipinski definition) is 2. The average molecular weight is 228 g/mol. The lowest BCUT2D eigenvalue weighted by molar-refractivity contribution is -0.116. The van der Waals surface area contributed by atoms with E-state index in [0.717, 1.165) is 11.3 Å². The van der Waals surface area contributed by atoms with Crippen LogP contribution in [0.15, 0.2) is 12.1 Å². The van der Waals surface area contributed by atoms with E-state index in [2.05, 4.69) is 0 Å². The first-order valence-corrected chi connectivity index (χ1v) is 4.93. The SMILES string of the molecule is COc1cc(C)c(N(C)C(C)=O)cc1Cl. The molecule has 3 nitrogen and oxygen atoms in total. The van der Waals surface area contributed by atoms with Gasteiger partial charge in [-0.05, 0) is 24.6 Å². The topological polar surface area (TPSA) is 29.5 Å². The molecule has 0 bridgehead atoms. The highest BCUT2D eigenvalue weighted by Crippen LogP contribution is 2.32. The molecule has 0 spiro atoms. The third kappa shape index (κ3) is 2.42. The van der Waals surface area contributed by atoms with Crippen LogP contribution in [0.2, 0.25) is 5.02 Å². The average Bonchev–Trinajstić information content (AvgIpc) is 2.19. The molecule has 0 N–H and O–H groups in total. The summed E-state index contributed by atoms with van der Waals surface area (Å²) in [6, 6.07) is 3.55. The molecule has 4 heteroatoms. The van der Waals surface area contributed by atoms with Crippen molar-refractivity contribution in [2.24, 2.45) is 0 Å². The molecule has 0 aliphatic rings. The normalized spacial score (nSPS) is 9.93. The Kier molecular flexibility index (Phi) is 3.58. The van der Waals surface area contributed by atoms with E-state index < -0.39 is 0 Å². The molecular formula is C11H14ClNO2. The molecule has 0 atom stereocenters. The fourth-order valence-electron chi connectivity index (χ4n) is 1.33. The van der Waals surface area contributed by atoms with Crippen molar-refractivity contribution in [2.75, 3.05) is 19.1 Å². The number of methoxy groups -OCH3 is 1. The van der Waals surface area contributed by atoms with Gasteiger partial charge in [-0.1, -0.05) is 11.6 Å². The van der Waals surface area contributed by atoms with Crippen molar-refractivity contribution in [3.05, 3.63) is 22.7 Å². The number of aryl methyl sites for hydroxylation is 1. The molecule has 0 aromatic heterocycles. The number of carbonyl (C=O) groups excluding carboxylic acids is 1. The van der Waals surface area contributed by atoms with Gasteiger partial charge >= 0.3 is 0 Å². The lowest BCUT2D eigenvalue weighted by Crippen LogP contribution is -2.23. The first-order chi connectivity index (χ1) is 6.97. The highest BCUT2D eigenvalue weighted by atomic mass is 35.5. The van der Waals surface area contributed by atoms with Gasteiger partial charge in [-0.3, -0.25) is 4.79 Å². The van der Waals surface area contributed by atoms with Crippen LogP contribution in [0.1, 0.15) is 12.5 Å². The summed E-state index contributed by atoms with van der Waals surface area (Å²) in [7, 11) is 3.28. The van der Waals surface area contributed by atoms with Crippen LogP contribution >= 0.6 is 11.6 Å². The van der Waals surface area contributed by atoms with Gasteiger partial charge in [-0.25, -0.2) is 0 Å². The lowest BCUT2D eigenvalue weighted by Gasteiger charge is -2.18. The van der Waals surface area contributed by atoms with E-state index in [1.165, 1.54) is 6.92 Å². The van der Waals surface area contributed by atoms with E-state index >= 15 is 0 Å². The number of halogens is 1. The van der Waals surface area contributed by atoms with Crippen LogP contribution in [0.25, 0.3) is 0 Å². The summed E-state index contributed by atoms with van der Waals surface area (Å²) in [5.41, 5.74) is 1.75. The monoisotopic (exact) mass is 227 g/mol. The molecule has 0 aliphatic heterocycles. The first kappa shape index (κ1) is 11.9. The Bertz CT molecular complexity index is 390. The molecule has 0 unspecified atom stereocenters. The van der Waals surface area contributed by atoms with Gasteiger partial charge in [0.2, 0.25) is 5.91 Å². The highest BCUT2D eigenvalue weighted by molar-refractivity contribution is 6.32. The Morgan fingerprint density at radius 2 is 2.07 bits per heavy atom. The van der Waals surface area contributed by atoms with Crippen LogP contribution in [0.3, 0.4) is 0 Å². The number of rotatable bonds is 2. The first-order valence-electron chi connectivity index (χ1n) is 4.55. The third-order valence-corrected chi connectivity index (χ3v) is 2.60. The number of hydrogen-bond donors (Lipinski definition) is 0. The number of nitrogens with zero attached hydrogens (tertiary/aromatic N) is 1. The summed E-state index contributed by atoms with van der Waals surface area (Å²) in [5.74, 6) is 0.592. The van der Waals surface area contributed by atoms with Crippen molar-refractivity contribution >= 4 is 23.2 Å². The number of amides is 1. The molecule has 0 saturated carbocycles. The van der Waals surface area contributed by atoms with Gasteiger partial charge < -0.3 is 9.64 Å². The molecule has 82 valence electrons. The van der Waals surface area contributed by atoms with Gasteiger partial charge in [0.15, 0.2) is 0 Å². The zero-order valence-electron chi connectivity index (χ0n) is 9.30. The number of carbonyl (C=O) groups is 1. The lowest BCUT2D eigenvalue weighted by atomic mass is 10.1. The molecule has 0 fully saturated rings. The number of ether oxygens (including phenoxy) is 1. The van der Waals surface area contributed by atoms with E-state index in [1.807, 2.05) is 13.0 Å². The largest absolute Gasteiger partial charge is 0.495 e. The summed E-state index contributed by atoms with van der Waals surface area (Å²) in [5, 5.41) is 0.506. The second-order valence-corrected chi connectivity index (χ2v) is 3.76. The van der Waals surface area contributed by atoms with Gasteiger partial charge in [0, 0.05) is 19.7 Å². The Morgan fingerprint density at radius 1 is 1.47 bits per heavy atom. The van der Waals surface area contributed by atoms with Crippen molar-refractivity contribution in [3.8, 4) is 5.75 Å². The predicted octanol–water partition coefficient (Wildman–Crippen LogP) is 2.64. The van der Waals surface area contributed by atoms with Crippen LogP contribution in [0.4, 0.5) is 5.69 Å².